The van der Waals surface area contributed by atoms with Gasteiger partial charge in [-0.1, -0.05) is 0 Å². The second-order valence-electron chi connectivity index (χ2n) is 5.14. The van der Waals surface area contributed by atoms with Gasteiger partial charge in [-0.25, -0.2) is 4.98 Å². The highest BCUT2D eigenvalue weighted by molar-refractivity contribution is 5.56. The van der Waals surface area contributed by atoms with Crippen molar-refractivity contribution in [2.24, 2.45) is 0 Å². The molecule has 1 saturated heterocycles. The van der Waals surface area contributed by atoms with E-state index in [4.69, 9.17) is 0 Å². The molecular formula is C14H21N5. The molecule has 1 aliphatic rings. The predicted molar refractivity (Wildman–Crippen MR) is 74.8 cm³/mol. The van der Waals surface area contributed by atoms with Gasteiger partial charge in [-0.2, -0.15) is 5.10 Å². The topological polar surface area (TPSA) is 47.7 Å². The minimum atomic E-state index is 0.675. The Morgan fingerprint density at radius 3 is 3.11 bits per heavy atom. The summed E-state index contributed by atoms with van der Waals surface area (Å²) in [7, 11) is 0. The van der Waals surface area contributed by atoms with Crippen molar-refractivity contribution >= 4 is 0 Å². The molecule has 0 aromatic carbocycles. The van der Waals surface area contributed by atoms with Gasteiger partial charge in [-0.15, -0.1) is 0 Å². The molecule has 5 heteroatoms. The summed E-state index contributed by atoms with van der Waals surface area (Å²) < 4.78 is 4.18. The summed E-state index contributed by atoms with van der Waals surface area (Å²) in [6, 6.07) is 0.675. The molecule has 0 aliphatic carbocycles. The van der Waals surface area contributed by atoms with Gasteiger partial charge in [0.25, 0.3) is 0 Å². The Kier molecular flexibility index (Phi) is 3.64. The molecule has 0 saturated carbocycles. The highest BCUT2D eigenvalue weighted by atomic mass is 15.3. The number of hydrogen-bond acceptors (Lipinski definition) is 3. The van der Waals surface area contributed by atoms with Crippen LogP contribution in [-0.4, -0.2) is 31.9 Å². The summed E-state index contributed by atoms with van der Waals surface area (Å²) >= 11 is 0. The lowest BCUT2D eigenvalue weighted by Crippen LogP contribution is -2.22. The van der Waals surface area contributed by atoms with E-state index < -0.39 is 0 Å². The molecule has 1 aliphatic heterocycles. The average Bonchev–Trinajstić information content (AvgIpc) is 3.16. The van der Waals surface area contributed by atoms with Crippen LogP contribution < -0.4 is 5.32 Å². The first kappa shape index (κ1) is 12.4. The van der Waals surface area contributed by atoms with Gasteiger partial charge >= 0.3 is 0 Å². The summed E-state index contributed by atoms with van der Waals surface area (Å²) in [6.07, 6.45) is 11.6. The summed E-state index contributed by atoms with van der Waals surface area (Å²) in [6.45, 7) is 5.19. The zero-order valence-electron chi connectivity index (χ0n) is 11.4. The summed E-state index contributed by atoms with van der Waals surface area (Å²) in [5.74, 6) is 0. The van der Waals surface area contributed by atoms with E-state index in [2.05, 4.69) is 33.1 Å². The lowest BCUT2D eigenvalue weighted by atomic mass is 10.1. The Balaban J connectivity index is 1.70. The molecule has 5 nitrogen and oxygen atoms in total. The van der Waals surface area contributed by atoms with Crippen LogP contribution in [0.5, 0.6) is 0 Å². The van der Waals surface area contributed by atoms with Crippen molar-refractivity contribution in [3.63, 3.8) is 0 Å². The number of nitrogens with one attached hydrogen (secondary N) is 1. The molecule has 3 heterocycles. The number of rotatable bonds is 5. The van der Waals surface area contributed by atoms with E-state index in [0.717, 1.165) is 24.3 Å². The molecule has 0 amide bonds. The van der Waals surface area contributed by atoms with Crippen molar-refractivity contribution < 1.29 is 0 Å². The van der Waals surface area contributed by atoms with Crippen LogP contribution in [-0.2, 0) is 13.1 Å². The van der Waals surface area contributed by atoms with Gasteiger partial charge in [0.05, 0.1) is 24.4 Å². The maximum Gasteiger partial charge on any atom is 0.0950 e. The van der Waals surface area contributed by atoms with E-state index in [9.17, 15) is 0 Å². The average molecular weight is 259 g/mol. The van der Waals surface area contributed by atoms with Crippen LogP contribution in [0.25, 0.3) is 11.3 Å². The maximum absolute atomic E-state index is 4.33. The van der Waals surface area contributed by atoms with Crippen molar-refractivity contribution in [2.45, 2.75) is 45.3 Å². The van der Waals surface area contributed by atoms with Gasteiger partial charge in [0.15, 0.2) is 0 Å². The van der Waals surface area contributed by atoms with Crippen LogP contribution in [0.4, 0.5) is 0 Å². The first-order valence-electron chi connectivity index (χ1n) is 7.13. The molecule has 2 aromatic heterocycles. The second kappa shape index (κ2) is 5.57. The Labute approximate surface area is 113 Å². The minimum Gasteiger partial charge on any atom is -0.330 e. The van der Waals surface area contributed by atoms with E-state index in [-0.39, 0.29) is 0 Å². The van der Waals surface area contributed by atoms with Crippen molar-refractivity contribution in [3.05, 3.63) is 24.9 Å². The Morgan fingerprint density at radius 2 is 2.37 bits per heavy atom. The Hall–Kier alpha value is -1.62. The van der Waals surface area contributed by atoms with Crippen LogP contribution in [0.2, 0.25) is 0 Å². The maximum atomic E-state index is 4.33. The van der Waals surface area contributed by atoms with Crippen molar-refractivity contribution in [1.29, 1.82) is 0 Å². The van der Waals surface area contributed by atoms with Gasteiger partial charge in [0.2, 0.25) is 0 Å². The van der Waals surface area contributed by atoms with E-state index >= 15 is 0 Å². The second-order valence-corrected chi connectivity index (χ2v) is 5.14. The highest BCUT2D eigenvalue weighted by Crippen LogP contribution is 2.19. The fourth-order valence-electron chi connectivity index (χ4n) is 2.71. The standard InChI is InChI=1S/C14H21N5/c1-2-19-10-12(8-17-19)14-9-15-11-18(14)7-5-13-4-3-6-16-13/h8-11,13,16H,2-7H2,1H3. The zero-order chi connectivity index (χ0) is 13.1. The number of imidazole rings is 1. The molecule has 19 heavy (non-hydrogen) atoms. The highest BCUT2D eigenvalue weighted by Gasteiger charge is 2.14. The fourth-order valence-corrected chi connectivity index (χ4v) is 2.71. The zero-order valence-corrected chi connectivity index (χ0v) is 11.4. The first-order valence-corrected chi connectivity index (χ1v) is 7.13. The molecule has 1 N–H and O–H groups in total. The molecule has 1 fully saturated rings. The van der Waals surface area contributed by atoms with Gasteiger partial charge in [0.1, 0.15) is 0 Å². The molecule has 1 atom stereocenters. The van der Waals surface area contributed by atoms with E-state index in [1.165, 1.54) is 25.8 Å². The van der Waals surface area contributed by atoms with Crippen LogP contribution in [0.1, 0.15) is 26.2 Å². The van der Waals surface area contributed by atoms with Crippen LogP contribution in [0, 0.1) is 0 Å². The van der Waals surface area contributed by atoms with Crippen LogP contribution >= 0.6 is 0 Å². The third-order valence-corrected chi connectivity index (χ3v) is 3.85. The van der Waals surface area contributed by atoms with E-state index in [0.29, 0.717) is 6.04 Å². The molecule has 102 valence electrons. The fraction of sp³-hybridized carbons (Fsp3) is 0.571. The van der Waals surface area contributed by atoms with Gasteiger partial charge in [0, 0.05) is 30.9 Å². The third kappa shape index (κ3) is 2.71. The SMILES string of the molecule is CCn1cc(-c2cncn2CCC2CCCN2)cn1. The first-order chi connectivity index (χ1) is 9.36. The third-order valence-electron chi connectivity index (χ3n) is 3.85. The molecule has 3 rings (SSSR count). The number of nitrogens with zero attached hydrogens (tertiary/aromatic N) is 4. The molecule has 0 bridgehead atoms. The normalized spacial score (nSPS) is 19.1. The van der Waals surface area contributed by atoms with Crippen molar-refractivity contribution in [1.82, 2.24) is 24.6 Å². The molecule has 2 aromatic rings. The number of hydrogen-bond donors (Lipinski definition) is 1. The van der Waals surface area contributed by atoms with E-state index in [1.807, 2.05) is 23.4 Å². The smallest absolute Gasteiger partial charge is 0.0950 e. The number of aryl methyl sites for hydroxylation is 2. The summed E-state index contributed by atoms with van der Waals surface area (Å²) in [4.78, 5) is 4.28. The minimum absolute atomic E-state index is 0.675. The Bertz CT molecular complexity index is 521. The molecule has 0 radical (unpaired) electrons. The monoisotopic (exact) mass is 259 g/mol. The van der Waals surface area contributed by atoms with Gasteiger partial charge in [-0.3, -0.25) is 4.68 Å². The quantitative estimate of drug-likeness (QED) is 0.892. The van der Waals surface area contributed by atoms with Gasteiger partial charge < -0.3 is 9.88 Å². The number of aromatic nitrogens is 4. The Morgan fingerprint density at radius 1 is 1.42 bits per heavy atom. The molecule has 0 spiro atoms. The van der Waals surface area contributed by atoms with Crippen molar-refractivity contribution in [2.75, 3.05) is 6.54 Å². The van der Waals surface area contributed by atoms with Crippen LogP contribution in [0.3, 0.4) is 0 Å². The van der Waals surface area contributed by atoms with Crippen LogP contribution in [0.15, 0.2) is 24.9 Å². The molecular weight excluding hydrogens is 238 g/mol. The molecule has 1 unspecified atom stereocenters. The van der Waals surface area contributed by atoms with Crippen molar-refractivity contribution in [3.8, 4) is 11.3 Å². The summed E-state index contributed by atoms with van der Waals surface area (Å²) in [5, 5.41) is 7.87. The lowest BCUT2D eigenvalue weighted by Gasteiger charge is -2.12. The summed E-state index contributed by atoms with van der Waals surface area (Å²) in [5.41, 5.74) is 2.32. The lowest BCUT2D eigenvalue weighted by molar-refractivity contribution is 0.507. The van der Waals surface area contributed by atoms with E-state index in [1.54, 1.807) is 0 Å². The predicted octanol–water partition coefficient (Wildman–Crippen LogP) is 1.91. The largest absolute Gasteiger partial charge is 0.330 e. The van der Waals surface area contributed by atoms with Gasteiger partial charge in [-0.05, 0) is 32.7 Å².